The van der Waals surface area contributed by atoms with Gasteiger partial charge in [0.25, 0.3) is 0 Å². The fourth-order valence-electron chi connectivity index (χ4n) is 2.52. The van der Waals surface area contributed by atoms with Crippen LogP contribution in [0.4, 0.5) is 13.2 Å². The molecule has 0 atom stereocenters. The molecular formula is C13H25F3N2. The lowest BCUT2D eigenvalue weighted by atomic mass is 9.85. The number of hydrogen-bond acceptors (Lipinski definition) is 2. The number of halogens is 3. The summed E-state index contributed by atoms with van der Waals surface area (Å²) in [5.74, 6) is 0. The minimum absolute atomic E-state index is 0.0267. The van der Waals surface area contributed by atoms with Crippen LogP contribution in [-0.2, 0) is 0 Å². The van der Waals surface area contributed by atoms with Gasteiger partial charge in [0.15, 0.2) is 0 Å². The van der Waals surface area contributed by atoms with E-state index in [0.717, 1.165) is 19.4 Å². The van der Waals surface area contributed by atoms with Crippen LogP contribution in [0.2, 0.25) is 0 Å². The first-order chi connectivity index (χ1) is 8.14. The zero-order valence-corrected chi connectivity index (χ0v) is 11.8. The molecule has 0 aromatic rings. The fraction of sp³-hybridized carbons (Fsp3) is 1.00. The Morgan fingerprint density at radius 1 is 1.17 bits per heavy atom. The summed E-state index contributed by atoms with van der Waals surface area (Å²) in [6, 6.07) is 0. The lowest BCUT2D eigenvalue weighted by Crippen LogP contribution is -2.68. The van der Waals surface area contributed by atoms with E-state index in [-0.39, 0.29) is 17.6 Å². The van der Waals surface area contributed by atoms with Crippen LogP contribution in [0.1, 0.15) is 47.0 Å². The average molecular weight is 266 g/mol. The second-order valence-corrected chi connectivity index (χ2v) is 5.94. The van der Waals surface area contributed by atoms with Crippen LogP contribution >= 0.6 is 0 Å². The van der Waals surface area contributed by atoms with Gasteiger partial charge >= 0.3 is 6.18 Å². The minimum Gasteiger partial charge on any atom is -0.308 e. The van der Waals surface area contributed by atoms with Gasteiger partial charge in [-0.2, -0.15) is 13.2 Å². The maximum atomic E-state index is 12.4. The zero-order chi connectivity index (χ0) is 14.0. The van der Waals surface area contributed by atoms with Crippen LogP contribution in [-0.4, -0.2) is 41.8 Å². The van der Waals surface area contributed by atoms with Gasteiger partial charge in [-0.1, -0.05) is 13.8 Å². The Labute approximate surface area is 108 Å². The summed E-state index contributed by atoms with van der Waals surface area (Å²) in [4.78, 5) is 1.99. The summed E-state index contributed by atoms with van der Waals surface area (Å²) >= 11 is 0. The molecule has 1 heterocycles. The van der Waals surface area contributed by atoms with Crippen molar-refractivity contribution in [3.8, 4) is 0 Å². The van der Waals surface area contributed by atoms with Crippen LogP contribution in [0.5, 0.6) is 0 Å². The van der Waals surface area contributed by atoms with E-state index in [4.69, 9.17) is 0 Å². The molecule has 0 aromatic heterocycles. The summed E-state index contributed by atoms with van der Waals surface area (Å²) in [6.07, 6.45) is -2.90. The van der Waals surface area contributed by atoms with Gasteiger partial charge in [0.2, 0.25) is 0 Å². The molecule has 2 nitrogen and oxygen atoms in total. The molecule has 1 rings (SSSR count). The van der Waals surface area contributed by atoms with E-state index < -0.39 is 12.6 Å². The van der Waals surface area contributed by atoms with Crippen LogP contribution in [0.15, 0.2) is 0 Å². The summed E-state index contributed by atoms with van der Waals surface area (Å²) < 4.78 is 37.1. The fourth-order valence-corrected chi connectivity index (χ4v) is 2.52. The van der Waals surface area contributed by atoms with E-state index in [9.17, 15) is 13.2 Å². The first-order valence-electron chi connectivity index (χ1n) is 6.71. The molecular weight excluding hydrogens is 241 g/mol. The second kappa shape index (κ2) is 5.37. The van der Waals surface area contributed by atoms with Crippen molar-refractivity contribution < 1.29 is 13.2 Å². The number of hydrogen-bond donors (Lipinski definition) is 1. The van der Waals surface area contributed by atoms with Crippen LogP contribution in [0.25, 0.3) is 0 Å². The van der Waals surface area contributed by atoms with Crippen LogP contribution in [0.3, 0.4) is 0 Å². The number of rotatable bonds is 4. The highest BCUT2D eigenvalue weighted by Crippen LogP contribution is 2.30. The lowest BCUT2D eigenvalue weighted by Gasteiger charge is -2.52. The van der Waals surface area contributed by atoms with Gasteiger partial charge in [-0.05, 0) is 26.7 Å². The monoisotopic (exact) mass is 266 g/mol. The number of nitrogens with zero attached hydrogens (tertiary/aromatic N) is 1. The van der Waals surface area contributed by atoms with Gasteiger partial charge in [-0.15, -0.1) is 0 Å². The second-order valence-electron chi connectivity index (χ2n) is 5.94. The highest BCUT2D eigenvalue weighted by Gasteiger charge is 2.41. The minimum atomic E-state index is -4.07. The summed E-state index contributed by atoms with van der Waals surface area (Å²) in [5, 5.41) is 3.53. The van der Waals surface area contributed by atoms with Crippen molar-refractivity contribution in [3.63, 3.8) is 0 Å². The van der Waals surface area contributed by atoms with Gasteiger partial charge < -0.3 is 5.32 Å². The normalized spacial score (nSPS) is 24.2. The van der Waals surface area contributed by atoms with E-state index >= 15 is 0 Å². The van der Waals surface area contributed by atoms with E-state index in [0.29, 0.717) is 6.54 Å². The third kappa shape index (κ3) is 3.85. The molecule has 0 bridgehead atoms. The highest BCUT2D eigenvalue weighted by atomic mass is 19.4. The molecule has 0 aromatic carbocycles. The summed E-state index contributed by atoms with van der Waals surface area (Å²) in [5.41, 5.74) is -0.236. The largest absolute Gasteiger partial charge is 0.390 e. The predicted octanol–water partition coefficient (Wildman–Crippen LogP) is 3.18. The molecule has 0 amide bonds. The molecule has 1 aliphatic rings. The van der Waals surface area contributed by atoms with Crippen LogP contribution in [0, 0.1) is 0 Å². The van der Waals surface area contributed by atoms with Crippen molar-refractivity contribution in [1.29, 1.82) is 0 Å². The number of piperazine rings is 1. The smallest absolute Gasteiger partial charge is 0.308 e. The molecule has 0 aliphatic carbocycles. The average Bonchev–Trinajstić information content (AvgIpc) is 2.27. The molecule has 108 valence electrons. The molecule has 0 unspecified atom stereocenters. The third-order valence-corrected chi connectivity index (χ3v) is 4.26. The topological polar surface area (TPSA) is 15.3 Å². The van der Waals surface area contributed by atoms with Crippen molar-refractivity contribution in [1.82, 2.24) is 10.2 Å². The Kier molecular flexibility index (Phi) is 4.70. The molecule has 0 spiro atoms. The number of nitrogens with one attached hydrogen (secondary N) is 1. The summed E-state index contributed by atoms with van der Waals surface area (Å²) in [6.45, 7) is 9.74. The highest BCUT2D eigenvalue weighted by molar-refractivity contribution is 5.00. The number of alkyl halides is 3. The lowest BCUT2D eigenvalue weighted by molar-refractivity contribution is -0.143. The van der Waals surface area contributed by atoms with Crippen molar-refractivity contribution in [2.75, 3.05) is 19.6 Å². The van der Waals surface area contributed by atoms with Gasteiger partial charge in [0, 0.05) is 30.7 Å². The Morgan fingerprint density at radius 2 is 1.72 bits per heavy atom. The maximum absolute atomic E-state index is 12.4. The van der Waals surface area contributed by atoms with Gasteiger partial charge in [0.1, 0.15) is 0 Å². The van der Waals surface area contributed by atoms with Crippen molar-refractivity contribution in [2.45, 2.75) is 64.2 Å². The molecule has 1 saturated heterocycles. The zero-order valence-electron chi connectivity index (χ0n) is 11.8. The molecule has 0 saturated carbocycles. The van der Waals surface area contributed by atoms with Crippen molar-refractivity contribution in [3.05, 3.63) is 0 Å². The van der Waals surface area contributed by atoms with E-state index in [2.05, 4.69) is 19.2 Å². The molecule has 1 N–H and O–H groups in total. The van der Waals surface area contributed by atoms with E-state index in [1.165, 1.54) is 0 Å². The van der Waals surface area contributed by atoms with Crippen molar-refractivity contribution in [2.24, 2.45) is 0 Å². The molecule has 1 fully saturated rings. The molecule has 5 heteroatoms. The quantitative estimate of drug-likeness (QED) is 0.840. The van der Waals surface area contributed by atoms with Gasteiger partial charge in [0.05, 0.1) is 6.42 Å². The van der Waals surface area contributed by atoms with Crippen molar-refractivity contribution >= 4 is 0 Å². The maximum Gasteiger partial charge on any atom is 0.390 e. The summed E-state index contributed by atoms with van der Waals surface area (Å²) in [7, 11) is 0. The van der Waals surface area contributed by atoms with E-state index in [1.807, 2.05) is 18.7 Å². The van der Waals surface area contributed by atoms with E-state index in [1.54, 1.807) is 0 Å². The first-order valence-corrected chi connectivity index (χ1v) is 6.71. The van der Waals surface area contributed by atoms with Gasteiger partial charge in [-0.25, -0.2) is 0 Å². The standard InChI is InChI=1S/C13H25F3N2/c1-5-12(6-2)10-18(8-7-13(14,15)16)11(3,4)9-17-12/h17H,5-10H2,1-4H3. The molecule has 0 radical (unpaired) electrons. The Bertz CT molecular complexity index is 270. The van der Waals surface area contributed by atoms with Gasteiger partial charge in [-0.3, -0.25) is 4.90 Å². The third-order valence-electron chi connectivity index (χ3n) is 4.26. The SMILES string of the molecule is CCC1(CC)CN(CCC(F)(F)F)C(C)(C)CN1. The Morgan fingerprint density at radius 3 is 2.17 bits per heavy atom. The Balaban J connectivity index is 2.71. The predicted molar refractivity (Wildman–Crippen MR) is 67.6 cm³/mol. The Hall–Kier alpha value is -0.290. The molecule has 1 aliphatic heterocycles. The molecule has 18 heavy (non-hydrogen) atoms. The first kappa shape index (κ1) is 15.8. The van der Waals surface area contributed by atoms with Crippen LogP contribution < -0.4 is 5.32 Å².